The molecule has 1 aromatic rings. The molecule has 50 valence electrons. The maximum Gasteiger partial charge on any atom is 0.142 e. The van der Waals surface area contributed by atoms with E-state index in [1.54, 1.807) is 11.4 Å². The summed E-state index contributed by atoms with van der Waals surface area (Å²) < 4.78 is 14.7. The van der Waals surface area contributed by atoms with Gasteiger partial charge in [0.05, 0.1) is 16.7 Å². The van der Waals surface area contributed by atoms with Gasteiger partial charge in [-0.15, -0.1) is 0 Å². The predicted octanol–water partition coefficient (Wildman–Crippen LogP) is 0.167. The monoisotopic (exact) mass is 162 g/mol. The van der Waals surface area contributed by atoms with Crippen LogP contribution in [0.25, 0.3) is 0 Å². The van der Waals surface area contributed by atoms with E-state index in [0.717, 1.165) is 0 Å². The largest absolute Gasteiger partial charge is 0.319 e. The van der Waals surface area contributed by atoms with Crippen molar-refractivity contribution in [3.8, 4) is 0 Å². The van der Waals surface area contributed by atoms with Crippen LogP contribution in [-0.2, 0) is 10.8 Å². The first kappa shape index (κ1) is 6.85. The standard InChI is InChI=1S/C4H6N2OS2/c5-3-9(7)4-1-2-8-6-4/h1-2H,3,5H2. The van der Waals surface area contributed by atoms with Crippen LogP contribution in [0.4, 0.5) is 0 Å². The highest BCUT2D eigenvalue weighted by Gasteiger charge is 2.00. The van der Waals surface area contributed by atoms with Crippen LogP contribution in [-0.4, -0.2) is 14.5 Å². The summed E-state index contributed by atoms with van der Waals surface area (Å²) in [5.41, 5.74) is 5.13. The first-order valence-electron chi connectivity index (χ1n) is 2.33. The van der Waals surface area contributed by atoms with Gasteiger partial charge in [0, 0.05) is 5.38 Å². The third-order valence-corrected chi connectivity index (χ3v) is 2.47. The van der Waals surface area contributed by atoms with Crippen LogP contribution in [0.15, 0.2) is 16.5 Å². The molecule has 2 N–H and O–H groups in total. The van der Waals surface area contributed by atoms with E-state index in [-0.39, 0.29) is 5.88 Å². The van der Waals surface area contributed by atoms with E-state index in [1.807, 2.05) is 0 Å². The van der Waals surface area contributed by atoms with E-state index >= 15 is 0 Å². The van der Waals surface area contributed by atoms with Crippen LogP contribution in [0, 0.1) is 0 Å². The average molecular weight is 162 g/mol. The highest BCUT2D eigenvalue weighted by atomic mass is 32.2. The molecule has 9 heavy (non-hydrogen) atoms. The molecular weight excluding hydrogens is 156 g/mol. The molecule has 0 saturated carbocycles. The zero-order valence-electron chi connectivity index (χ0n) is 4.61. The van der Waals surface area contributed by atoms with E-state index in [2.05, 4.69) is 4.37 Å². The Morgan fingerprint density at radius 2 is 2.67 bits per heavy atom. The normalized spacial score (nSPS) is 13.4. The van der Waals surface area contributed by atoms with Crippen molar-refractivity contribution in [3.63, 3.8) is 0 Å². The molecule has 0 aliphatic carbocycles. The zero-order valence-corrected chi connectivity index (χ0v) is 6.24. The second kappa shape index (κ2) is 3.05. The van der Waals surface area contributed by atoms with Gasteiger partial charge >= 0.3 is 0 Å². The maximum absolute atomic E-state index is 10.8. The Hall–Kier alpha value is -0.260. The van der Waals surface area contributed by atoms with E-state index < -0.39 is 10.8 Å². The molecule has 0 aromatic carbocycles. The van der Waals surface area contributed by atoms with Crippen molar-refractivity contribution in [2.75, 3.05) is 5.88 Å². The molecule has 1 rings (SSSR count). The van der Waals surface area contributed by atoms with Gasteiger partial charge in [-0.2, -0.15) is 4.37 Å². The highest BCUT2D eigenvalue weighted by molar-refractivity contribution is 7.84. The van der Waals surface area contributed by atoms with Crippen LogP contribution >= 0.6 is 11.5 Å². The Morgan fingerprint density at radius 3 is 3.11 bits per heavy atom. The molecular formula is C4H6N2OS2. The third kappa shape index (κ3) is 1.57. The fourth-order valence-corrected chi connectivity index (χ4v) is 1.76. The Labute approximate surface area is 59.5 Å². The van der Waals surface area contributed by atoms with Gasteiger partial charge in [0.15, 0.2) is 0 Å². The molecule has 0 amide bonds. The highest BCUT2D eigenvalue weighted by Crippen LogP contribution is 2.03. The molecule has 1 atom stereocenters. The SMILES string of the molecule is NCS(=O)c1ccsn1. The lowest BCUT2D eigenvalue weighted by Gasteiger charge is -1.87. The Kier molecular flexibility index (Phi) is 2.32. The number of aromatic nitrogens is 1. The molecule has 0 fully saturated rings. The second-order valence-electron chi connectivity index (χ2n) is 1.35. The quantitative estimate of drug-likeness (QED) is 0.674. The van der Waals surface area contributed by atoms with E-state index in [1.165, 1.54) is 11.5 Å². The van der Waals surface area contributed by atoms with Crippen molar-refractivity contribution in [1.29, 1.82) is 0 Å². The van der Waals surface area contributed by atoms with Gasteiger partial charge in [-0.1, -0.05) is 0 Å². The number of hydrogen-bond donors (Lipinski definition) is 1. The summed E-state index contributed by atoms with van der Waals surface area (Å²) in [4.78, 5) is 0. The molecule has 0 bridgehead atoms. The van der Waals surface area contributed by atoms with Crippen molar-refractivity contribution in [2.24, 2.45) is 5.73 Å². The van der Waals surface area contributed by atoms with Gasteiger partial charge < -0.3 is 5.73 Å². The number of nitrogens with two attached hydrogens (primary N) is 1. The Bertz CT molecular complexity index is 196. The first-order chi connectivity index (χ1) is 4.34. The fourth-order valence-electron chi connectivity index (χ4n) is 0.404. The van der Waals surface area contributed by atoms with E-state index in [4.69, 9.17) is 5.73 Å². The Balaban J connectivity index is 2.77. The van der Waals surface area contributed by atoms with Crippen LogP contribution in [0.3, 0.4) is 0 Å². The minimum Gasteiger partial charge on any atom is -0.319 e. The third-order valence-electron chi connectivity index (χ3n) is 0.799. The molecule has 1 aromatic heterocycles. The number of hydrogen-bond acceptors (Lipinski definition) is 4. The summed E-state index contributed by atoms with van der Waals surface area (Å²) in [7, 11) is -1.08. The summed E-state index contributed by atoms with van der Waals surface area (Å²) in [6.45, 7) is 0. The summed E-state index contributed by atoms with van der Waals surface area (Å²) in [5, 5.41) is 2.37. The summed E-state index contributed by atoms with van der Waals surface area (Å²) >= 11 is 1.28. The van der Waals surface area contributed by atoms with Crippen molar-refractivity contribution in [3.05, 3.63) is 11.4 Å². The zero-order chi connectivity index (χ0) is 6.69. The average Bonchev–Trinajstić information content (AvgIpc) is 2.37. The van der Waals surface area contributed by atoms with Gasteiger partial charge in [0.1, 0.15) is 5.03 Å². The first-order valence-corrected chi connectivity index (χ1v) is 4.49. The Morgan fingerprint density at radius 1 is 1.89 bits per heavy atom. The summed E-state index contributed by atoms with van der Waals surface area (Å²) in [5.74, 6) is 0.156. The van der Waals surface area contributed by atoms with Crippen LogP contribution in [0.1, 0.15) is 0 Å². The molecule has 1 unspecified atom stereocenters. The van der Waals surface area contributed by atoms with Gasteiger partial charge in [0.25, 0.3) is 0 Å². The molecule has 0 saturated heterocycles. The molecule has 5 heteroatoms. The van der Waals surface area contributed by atoms with Gasteiger partial charge in [-0.25, -0.2) is 0 Å². The lowest BCUT2D eigenvalue weighted by atomic mass is 10.8. The van der Waals surface area contributed by atoms with Gasteiger partial charge in [0.2, 0.25) is 0 Å². The van der Waals surface area contributed by atoms with Crippen LogP contribution < -0.4 is 5.73 Å². The van der Waals surface area contributed by atoms with Crippen LogP contribution in [0.2, 0.25) is 0 Å². The fraction of sp³-hybridized carbons (Fsp3) is 0.250. The number of rotatable bonds is 2. The predicted molar refractivity (Wildman–Crippen MR) is 37.6 cm³/mol. The summed E-state index contributed by atoms with van der Waals surface area (Å²) in [6.07, 6.45) is 0. The smallest absolute Gasteiger partial charge is 0.142 e. The molecule has 0 radical (unpaired) electrons. The van der Waals surface area contributed by atoms with E-state index in [0.29, 0.717) is 5.03 Å². The molecule has 0 aliphatic heterocycles. The minimum atomic E-state index is -1.08. The molecule has 1 heterocycles. The van der Waals surface area contributed by atoms with Crippen molar-refractivity contribution >= 4 is 22.3 Å². The summed E-state index contributed by atoms with van der Waals surface area (Å²) in [6, 6.07) is 1.72. The molecule has 0 spiro atoms. The molecule has 3 nitrogen and oxygen atoms in total. The van der Waals surface area contributed by atoms with Gasteiger partial charge in [-0.3, -0.25) is 4.21 Å². The van der Waals surface area contributed by atoms with Crippen molar-refractivity contribution in [2.45, 2.75) is 5.03 Å². The second-order valence-corrected chi connectivity index (χ2v) is 3.46. The maximum atomic E-state index is 10.8. The lowest BCUT2D eigenvalue weighted by molar-refractivity contribution is 0.681. The van der Waals surface area contributed by atoms with Crippen molar-refractivity contribution in [1.82, 2.24) is 4.37 Å². The topological polar surface area (TPSA) is 56.0 Å². The van der Waals surface area contributed by atoms with Gasteiger partial charge in [-0.05, 0) is 17.6 Å². The lowest BCUT2D eigenvalue weighted by Crippen LogP contribution is -2.06. The van der Waals surface area contributed by atoms with Crippen LogP contribution in [0.5, 0.6) is 0 Å². The molecule has 0 aliphatic rings. The van der Waals surface area contributed by atoms with E-state index in [9.17, 15) is 4.21 Å². The minimum absolute atomic E-state index is 0.156. The van der Waals surface area contributed by atoms with Crippen molar-refractivity contribution < 1.29 is 4.21 Å². The number of nitrogens with zero attached hydrogens (tertiary/aromatic N) is 1.